The number of nitrogens with one attached hydrogen (secondary N) is 2. The predicted octanol–water partition coefficient (Wildman–Crippen LogP) is 3.80. The van der Waals surface area contributed by atoms with Gasteiger partial charge in [-0.05, 0) is 31.6 Å². The molecule has 0 amide bonds. The van der Waals surface area contributed by atoms with Gasteiger partial charge in [-0.1, -0.05) is 34.1 Å². The molecule has 2 unspecified atom stereocenters. The van der Waals surface area contributed by atoms with Gasteiger partial charge in [0.05, 0.1) is 6.10 Å². The van der Waals surface area contributed by atoms with Gasteiger partial charge in [-0.3, -0.25) is 4.99 Å². The third-order valence-electron chi connectivity index (χ3n) is 3.95. The summed E-state index contributed by atoms with van der Waals surface area (Å²) in [5, 5.41) is 6.75. The lowest BCUT2D eigenvalue weighted by molar-refractivity contribution is -0.0823. The van der Waals surface area contributed by atoms with Crippen LogP contribution in [0.5, 0.6) is 0 Å². The number of guanidine groups is 1. The van der Waals surface area contributed by atoms with Crippen LogP contribution in [0.3, 0.4) is 0 Å². The van der Waals surface area contributed by atoms with Crippen molar-refractivity contribution in [3.8, 4) is 0 Å². The zero-order chi connectivity index (χ0) is 15.7. The largest absolute Gasteiger partial charge is 0.377 e. The average Bonchev–Trinajstić information content (AvgIpc) is 2.44. The highest BCUT2D eigenvalue weighted by atomic mass is 127. The Kier molecular flexibility index (Phi) is 11.5. The molecule has 0 aliphatic carbocycles. The van der Waals surface area contributed by atoms with Crippen LogP contribution in [0.1, 0.15) is 60.3 Å². The smallest absolute Gasteiger partial charge is 0.191 e. The summed E-state index contributed by atoms with van der Waals surface area (Å²) in [5.41, 5.74) is 0.189. The fourth-order valence-electron chi connectivity index (χ4n) is 2.92. The molecular formula is C17H36IN3O. The minimum Gasteiger partial charge on any atom is -0.377 e. The number of unbranched alkanes of at least 4 members (excludes halogenated alkanes) is 1. The molecule has 0 saturated carbocycles. The van der Waals surface area contributed by atoms with Crippen molar-refractivity contribution < 1.29 is 4.74 Å². The van der Waals surface area contributed by atoms with Gasteiger partial charge in [-0.15, -0.1) is 24.0 Å². The molecule has 1 aliphatic rings. The Labute approximate surface area is 154 Å². The highest BCUT2D eigenvalue weighted by molar-refractivity contribution is 14.0. The maximum atomic E-state index is 6.04. The van der Waals surface area contributed by atoms with Crippen LogP contribution >= 0.6 is 24.0 Å². The van der Waals surface area contributed by atoms with E-state index in [1.54, 1.807) is 0 Å². The molecule has 22 heavy (non-hydrogen) atoms. The molecule has 0 aromatic rings. The SMILES string of the molecule is CCCCNC(=NCC1CCCOC1C(C)(C)C)NCC.I. The zero-order valence-electron chi connectivity index (χ0n) is 15.1. The monoisotopic (exact) mass is 425 g/mol. The Morgan fingerprint density at radius 2 is 1.95 bits per heavy atom. The van der Waals surface area contributed by atoms with Gasteiger partial charge in [0.1, 0.15) is 0 Å². The molecule has 132 valence electrons. The summed E-state index contributed by atoms with van der Waals surface area (Å²) < 4.78 is 6.04. The molecule has 2 N–H and O–H groups in total. The lowest BCUT2D eigenvalue weighted by atomic mass is 9.78. The van der Waals surface area contributed by atoms with Gasteiger partial charge < -0.3 is 15.4 Å². The third-order valence-corrected chi connectivity index (χ3v) is 3.95. The van der Waals surface area contributed by atoms with Gasteiger partial charge in [-0.2, -0.15) is 0 Å². The highest BCUT2D eigenvalue weighted by Crippen LogP contribution is 2.34. The highest BCUT2D eigenvalue weighted by Gasteiger charge is 2.35. The van der Waals surface area contributed by atoms with E-state index in [9.17, 15) is 0 Å². The Morgan fingerprint density at radius 3 is 2.55 bits per heavy atom. The summed E-state index contributed by atoms with van der Waals surface area (Å²) in [6, 6.07) is 0. The number of nitrogens with zero attached hydrogens (tertiary/aromatic N) is 1. The van der Waals surface area contributed by atoms with Crippen molar-refractivity contribution in [1.29, 1.82) is 0 Å². The molecule has 1 fully saturated rings. The first kappa shape index (κ1) is 22.0. The van der Waals surface area contributed by atoms with E-state index in [1.807, 2.05) is 0 Å². The summed E-state index contributed by atoms with van der Waals surface area (Å²) in [6.07, 6.45) is 5.08. The molecule has 4 nitrogen and oxygen atoms in total. The first-order valence-corrected chi connectivity index (χ1v) is 8.62. The van der Waals surface area contributed by atoms with Gasteiger partial charge in [0.2, 0.25) is 0 Å². The zero-order valence-corrected chi connectivity index (χ0v) is 17.4. The van der Waals surface area contributed by atoms with Crippen LogP contribution in [0, 0.1) is 11.3 Å². The topological polar surface area (TPSA) is 45.7 Å². The number of ether oxygens (including phenoxy) is 1. The number of hydrogen-bond acceptors (Lipinski definition) is 2. The van der Waals surface area contributed by atoms with Gasteiger partial charge in [0, 0.05) is 32.2 Å². The van der Waals surface area contributed by atoms with Crippen LogP contribution in [0.2, 0.25) is 0 Å². The molecule has 1 rings (SSSR count). The molecule has 0 bridgehead atoms. The fourth-order valence-corrected chi connectivity index (χ4v) is 2.92. The molecular weight excluding hydrogens is 389 g/mol. The maximum absolute atomic E-state index is 6.04. The van der Waals surface area contributed by atoms with E-state index < -0.39 is 0 Å². The van der Waals surface area contributed by atoms with Crippen LogP contribution < -0.4 is 10.6 Å². The first-order valence-electron chi connectivity index (χ1n) is 8.62. The molecule has 0 radical (unpaired) electrons. The van der Waals surface area contributed by atoms with Crippen LogP contribution in [-0.2, 0) is 4.74 Å². The summed E-state index contributed by atoms with van der Waals surface area (Å²) in [4.78, 5) is 4.79. The van der Waals surface area contributed by atoms with E-state index in [2.05, 4.69) is 45.3 Å². The van der Waals surface area contributed by atoms with Crippen molar-refractivity contribution in [2.24, 2.45) is 16.3 Å². The normalized spacial score (nSPS) is 22.9. The molecule has 5 heteroatoms. The van der Waals surface area contributed by atoms with Crippen LogP contribution in [0.4, 0.5) is 0 Å². The van der Waals surface area contributed by atoms with Crippen molar-refractivity contribution in [3.63, 3.8) is 0 Å². The second-order valence-electron chi connectivity index (χ2n) is 7.06. The first-order chi connectivity index (χ1) is 9.99. The second kappa shape index (κ2) is 11.5. The molecule has 0 spiro atoms. The van der Waals surface area contributed by atoms with Crippen LogP contribution in [-0.4, -0.2) is 38.3 Å². The molecule has 1 saturated heterocycles. The van der Waals surface area contributed by atoms with Crippen molar-refractivity contribution in [2.75, 3.05) is 26.2 Å². The van der Waals surface area contributed by atoms with Gasteiger partial charge >= 0.3 is 0 Å². The summed E-state index contributed by atoms with van der Waals surface area (Å²) >= 11 is 0. The summed E-state index contributed by atoms with van der Waals surface area (Å²) in [7, 11) is 0. The average molecular weight is 425 g/mol. The lowest BCUT2D eigenvalue weighted by Gasteiger charge is -2.39. The molecule has 1 heterocycles. The molecule has 2 atom stereocenters. The standard InChI is InChI=1S/C17H35N3O.HI/c1-6-8-11-19-16(18-7-2)20-13-14-10-9-12-21-15(14)17(3,4)5;/h14-15H,6-13H2,1-5H3,(H2,18,19,20);1H. The third kappa shape index (κ3) is 7.99. The number of hydrogen-bond donors (Lipinski definition) is 2. The van der Waals surface area contributed by atoms with Gasteiger partial charge in [0.15, 0.2) is 5.96 Å². The molecule has 1 aliphatic heterocycles. The van der Waals surface area contributed by atoms with Crippen molar-refractivity contribution in [3.05, 3.63) is 0 Å². The summed E-state index contributed by atoms with van der Waals surface area (Å²) in [5.74, 6) is 1.48. The van der Waals surface area contributed by atoms with E-state index in [4.69, 9.17) is 9.73 Å². The Balaban J connectivity index is 0.00000441. The number of rotatable bonds is 6. The summed E-state index contributed by atoms with van der Waals surface area (Å²) in [6.45, 7) is 14.8. The van der Waals surface area contributed by atoms with E-state index in [0.29, 0.717) is 12.0 Å². The van der Waals surface area contributed by atoms with Crippen molar-refractivity contribution in [1.82, 2.24) is 10.6 Å². The van der Waals surface area contributed by atoms with Crippen LogP contribution in [0.25, 0.3) is 0 Å². The minimum atomic E-state index is 0. The minimum absolute atomic E-state index is 0. The van der Waals surface area contributed by atoms with E-state index in [1.165, 1.54) is 19.3 Å². The Morgan fingerprint density at radius 1 is 1.23 bits per heavy atom. The van der Waals surface area contributed by atoms with E-state index in [-0.39, 0.29) is 29.4 Å². The molecule has 0 aromatic heterocycles. The Bertz CT molecular complexity index is 316. The number of aliphatic imine (C=N–C) groups is 1. The van der Waals surface area contributed by atoms with Gasteiger partial charge in [0.25, 0.3) is 0 Å². The second-order valence-corrected chi connectivity index (χ2v) is 7.06. The number of halogens is 1. The van der Waals surface area contributed by atoms with E-state index in [0.717, 1.165) is 38.6 Å². The lowest BCUT2D eigenvalue weighted by Crippen LogP contribution is -2.42. The Hall–Kier alpha value is -0.0400. The van der Waals surface area contributed by atoms with E-state index >= 15 is 0 Å². The quantitative estimate of drug-likeness (QED) is 0.295. The van der Waals surface area contributed by atoms with Gasteiger partial charge in [-0.25, -0.2) is 0 Å². The predicted molar refractivity (Wildman–Crippen MR) is 106 cm³/mol. The fraction of sp³-hybridized carbons (Fsp3) is 0.941. The van der Waals surface area contributed by atoms with Crippen molar-refractivity contribution >= 4 is 29.9 Å². The van der Waals surface area contributed by atoms with Crippen molar-refractivity contribution in [2.45, 2.75) is 66.4 Å². The maximum Gasteiger partial charge on any atom is 0.191 e. The molecule has 0 aromatic carbocycles. The van der Waals surface area contributed by atoms with Crippen LogP contribution in [0.15, 0.2) is 4.99 Å².